The van der Waals surface area contributed by atoms with E-state index in [-0.39, 0.29) is 52.6 Å². The maximum Gasteiger partial charge on any atom is 0.296 e. The zero-order valence-corrected chi connectivity index (χ0v) is 19.2. The number of amides is 2. The molecule has 36 heavy (non-hydrogen) atoms. The predicted molar refractivity (Wildman–Crippen MR) is 130 cm³/mol. The predicted octanol–water partition coefficient (Wildman–Crippen LogP) is 2.84. The van der Waals surface area contributed by atoms with Crippen LogP contribution in [0.2, 0.25) is 0 Å². The third-order valence-electron chi connectivity index (χ3n) is 5.11. The van der Waals surface area contributed by atoms with Crippen LogP contribution in [-0.4, -0.2) is 41.9 Å². The summed E-state index contributed by atoms with van der Waals surface area (Å²) in [4.78, 5) is 45.0. The molecular formula is C22H22N6O8. The smallest absolute Gasteiger partial charge is 0.296 e. The number of carbonyl (C=O) groups excluding carboxylic acids is 2. The summed E-state index contributed by atoms with van der Waals surface area (Å²) in [6.45, 7) is 1.89. The van der Waals surface area contributed by atoms with Crippen LogP contribution in [0, 0.1) is 27.2 Å². The second-order valence-corrected chi connectivity index (χ2v) is 7.47. The van der Waals surface area contributed by atoms with Crippen molar-refractivity contribution in [3.8, 4) is 5.75 Å². The number of nitrogens with zero attached hydrogens (tertiary/aromatic N) is 2. The van der Waals surface area contributed by atoms with Crippen LogP contribution in [-0.2, 0) is 0 Å². The van der Waals surface area contributed by atoms with E-state index >= 15 is 0 Å². The molecule has 14 nitrogen and oxygen atoms in total. The van der Waals surface area contributed by atoms with Crippen LogP contribution < -0.4 is 26.8 Å². The van der Waals surface area contributed by atoms with Crippen LogP contribution in [0.15, 0.2) is 40.8 Å². The number of hydrogen-bond donors (Lipinski definition) is 4. The Hall–Kier alpha value is -5.14. The number of methoxy groups -OCH3 is 1. The largest absolute Gasteiger partial charge is 0.494 e. The zero-order chi connectivity index (χ0) is 26.6. The van der Waals surface area contributed by atoms with E-state index in [1.807, 2.05) is 0 Å². The van der Waals surface area contributed by atoms with Crippen LogP contribution >= 0.6 is 0 Å². The van der Waals surface area contributed by atoms with Crippen LogP contribution in [0.4, 0.5) is 22.7 Å². The van der Waals surface area contributed by atoms with Gasteiger partial charge in [-0.3, -0.25) is 29.8 Å². The molecule has 0 atom stereocenters. The van der Waals surface area contributed by atoms with Crippen molar-refractivity contribution < 1.29 is 28.6 Å². The van der Waals surface area contributed by atoms with Gasteiger partial charge in [-0.2, -0.15) is 0 Å². The number of aryl methyl sites for hydroxylation is 1. The monoisotopic (exact) mass is 498 g/mol. The van der Waals surface area contributed by atoms with Gasteiger partial charge in [0.05, 0.1) is 27.9 Å². The van der Waals surface area contributed by atoms with Crippen LogP contribution in [0.3, 0.4) is 0 Å². The highest BCUT2D eigenvalue weighted by molar-refractivity contribution is 6.10. The average Bonchev–Trinajstić information content (AvgIpc) is 3.21. The molecule has 0 radical (unpaired) electrons. The summed E-state index contributed by atoms with van der Waals surface area (Å²) >= 11 is 0. The molecule has 1 aromatic heterocycles. The number of nitrogens with one attached hydrogen (secondary N) is 2. The Morgan fingerprint density at radius 3 is 2.08 bits per heavy atom. The van der Waals surface area contributed by atoms with Gasteiger partial charge in [-0.25, -0.2) is 0 Å². The Kier molecular flexibility index (Phi) is 7.37. The lowest BCUT2D eigenvalue weighted by atomic mass is 10.1. The number of anilines is 2. The van der Waals surface area contributed by atoms with E-state index in [2.05, 4.69) is 10.6 Å². The van der Waals surface area contributed by atoms with Gasteiger partial charge in [0.15, 0.2) is 5.69 Å². The fourth-order valence-corrected chi connectivity index (χ4v) is 3.54. The summed E-state index contributed by atoms with van der Waals surface area (Å²) in [5, 5.41) is 29.2. The highest BCUT2D eigenvalue weighted by atomic mass is 16.6. The molecule has 0 aliphatic carbocycles. The number of ether oxygens (including phenoxy) is 1. The number of carbonyl (C=O) groups is 2. The van der Waals surface area contributed by atoms with Crippen molar-refractivity contribution >= 4 is 45.5 Å². The minimum absolute atomic E-state index is 0.0540. The van der Waals surface area contributed by atoms with Crippen molar-refractivity contribution in [3.63, 3.8) is 0 Å². The van der Waals surface area contributed by atoms with Crippen molar-refractivity contribution in [1.82, 2.24) is 0 Å². The summed E-state index contributed by atoms with van der Waals surface area (Å²) in [6.07, 6.45) is 3.26. The fourth-order valence-electron chi connectivity index (χ4n) is 3.54. The van der Waals surface area contributed by atoms with Crippen molar-refractivity contribution in [3.05, 3.63) is 73.5 Å². The molecule has 0 unspecified atom stereocenters. The number of primary amides is 2. The van der Waals surface area contributed by atoms with Gasteiger partial charge < -0.3 is 31.3 Å². The molecule has 1 heterocycles. The molecule has 0 saturated heterocycles. The standard InChI is InChI=1S/C22H22N6O8/c1-11-7-13-18(16(28(33)34)10-14(22(24)30)20(13)36-11)25-5-3-4-6-26-19-15(27(31)32)8-12(21(23)29)9-17(19)35-2/h3-4,7-10,25-26H,5-6H2,1-2H3,(H2,23,29)(H2,24,30)/b4-3+. The maximum atomic E-state index is 11.8. The number of nitro groups is 2. The SMILES string of the molecule is COc1cc(C(N)=O)cc([N+](=O)[O-])c1NC/C=C/CNc1c([N+](=O)[O-])cc(C(N)=O)c2oc(C)cc12. The Morgan fingerprint density at radius 1 is 0.972 bits per heavy atom. The lowest BCUT2D eigenvalue weighted by Crippen LogP contribution is -2.13. The minimum Gasteiger partial charge on any atom is -0.494 e. The van der Waals surface area contributed by atoms with Gasteiger partial charge in [-0.15, -0.1) is 0 Å². The summed E-state index contributed by atoms with van der Waals surface area (Å²) in [5.41, 5.74) is 9.99. The summed E-state index contributed by atoms with van der Waals surface area (Å²) < 4.78 is 10.7. The normalized spacial score (nSPS) is 10.9. The maximum absolute atomic E-state index is 11.8. The first-order chi connectivity index (χ1) is 17.0. The van der Waals surface area contributed by atoms with Gasteiger partial charge >= 0.3 is 0 Å². The molecule has 0 bridgehead atoms. The minimum atomic E-state index is -0.858. The molecule has 0 saturated carbocycles. The lowest BCUT2D eigenvalue weighted by molar-refractivity contribution is -0.384. The van der Waals surface area contributed by atoms with Crippen LogP contribution in [0.1, 0.15) is 26.5 Å². The molecule has 0 aliphatic rings. The number of benzene rings is 2. The Balaban J connectivity index is 1.79. The number of nitro benzene ring substituents is 2. The highest BCUT2D eigenvalue weighted by Gasteiger charge is 2.25. The number of hydrogen-bond acceptors (Lipinski definition) is 10. The van der Waals surface area contributed by atoms with Crippen molar-refractivity contribution in [2.24, 2.45) is 11.5 Å². The van der Waals surface area contributed by atoms with Crippen molar-refractivity contribution in [2.45, 2.75) is 6.92 Å². The second kappa shape index (κ2) is 10.4. The number of fused-ring (bicyclic) bond motifs is 1. The molecular weight excluding hydrogens is 476 g/mol. The molecule has 3 rings (SSSR count). The molecule has 2 amide bonds. The van der Waals surface area contributed by atoms with E-state index in [1.165, 1.54) is 13.2 Å². The first-order valence-corrected chi connectivity index (χ1v) is 10.4. The van der Waals surface area contributed by atoms with E-state index < -0.39 is 27.3 Å². The van der Waals surface area contributed by atoms with Crippen LogP contribution in [0.25, 0.3) is 11.0 Å². The first-order valence-electron chi connectivity index (χ1n) is 10.4. The number of rotatable bonds is 11. The quantitative estimate of drug-likeness (QED) is 0.172. The fraction of sp³-hybridized carbons (Fsp3) is 0.182. The summed E-state index contributed by atoms with van der Waals surface area (Å²) in [7, 11) is 1.30. The van der Waals surface area contributed by atoms with Gasteiger partial charge in [0.1, 0.15) is 22.8 Å². The Labute approximate surface area is 203 Å². The van der Waals surface area contributed by atoms with E-state index in [0.717, 1.165) is 12.1 Å². The summed E-state index contributed by atoms with van der Waals surface area (Å²) in [6, 6.07) is 4.95. The zero-order valence-electron chi connectivity index (χ0n) is 19.2. The lowest BCUT2D eigenvalue weighted by Gasteiger charge is -2.11. The van der Waals surface area contributed by atoms with E-state index in [4.69, 9.17) is 20.6 Å². The molecule has 3 aromatic rings. The molecule has 14 heteroatoms. The highest BCUT2D eigenvalue weighted by Crippen LogP contribution is 2.38. The molecule has 0 aliphatic heterocycles. The third-order valence-corrected chi connectivity index (χ3v) is 5.11. The number of furan rings is 1. The van der Waals surface area contributed by atoms with Crippen LogP contribution in [0.5, 0.6) is 5.75 Å². The van der Waals surface area contributed by atoms with Crippen molar-refractivity contribution in [1.29, 1.82) is 0 Å². The molecule has 0 fully saturated rings. The molecule has 0 spiro atoms. The van der Waals surface area contributed by atoms with Gasteiger partial charge in [-0.05, 0) is 19.1 Å². The Morgan fingerprint density at radius 2 is 1.56 bits per heavy atom. The van der Waals surface area contributed by atoms with Gasteiger partial charge in [-0.1, -0.05) is 12.2 Å². The Bertz CT molecular complexity index is 1410. The van der Waals surface area contributed by atoms with E-state index in [0.29, 0.717) is 11.1 Å². The topological polar surface area (TPSA) is 219 Å². The van der Waals surface area contributed by atoms with Crippen molar-refractivity contribution in [2.75, 3.05) is 30.8 Å². The molecule has 188 valence electrons. The summed E-state index contributed by atoms with van der Waals surface area (Å²) in [5.74, 6) is -1.20. The van der Waals surface area contributed by atoms with Gasteiger partial charge in [0, 0.05) is 30.8 Å². The van der Waals surface area contributed by atoms with E-state index in [1.54, 1.807) is 25.1 Å². The molecule has 2 aromatic carbocycles. The van der Waals surface area contributed by atoms with E-state index in [9.17, 15) is 29.8 Å². The average molecular weight is 498 g/mol. The molecule has 6 N–H and O–H groups in total. The van der Waals surface area contributed by atoms with Gasteiger partial charge in [0.25, 0.3) is 17.3 Å². The third kappa shape index (κ3) is 5.16. The second-order valence-electron chi connectivity index (χ2n) is 7.47. The van der Waals surface area contributed by atoms with Gasteiger partial charge in [0.2, 0.25) is 5.91 Å². The number of nitrogens with two attached hydrogens (primary N) is 2. The first kappa shape index (κ1) is 25.5.